The highest BCUT2D eigenvalue weighted by atomic mass is 32.2. The van der Waals surface area contributed by atoms with Gasteiger partial charge in [0.15, 0.2) is 0 Å². The van der Waals surface area contributed by atoms with E-state index in [1.807, 2.05) is 38.4 Å². The summed E-state index contributed by atoms with van der Waals surface area (Å²) in [4.78, 5) is 26.2. The molecule has 7 nitrogen and oxygen atoms in total. The molecule has 1 aromatic heterocycles. The highest BCUT2D eigenvalue weighted by molar-refractivity contribution is 7.99. The molecule has 0 fully saturated rings. The van der Waals surface area contributed by atoms with Crippen LogP contribution in [0.15, 0.2) is 24.3 Å². The molecule has 1 heterocycles. The molecule has 1 aromatic carbocycles. The topological polar surface area (TPSA) is 97.0 Å². The van der Waals surface area contributed by atoms with Gasteiger partial charge in [-0.05, 0) is 24.1 Å². The number of anilines is 3. The maximum Gasteiger partial charge on any atom is 0.234 e. The Morgan fingerprint density at radius 3 is 2.54 bits per heavy atom. The number of nitrogen functional groups attached to an aromatic ring is 1. The van der Waals surface area contributed by atoms with Crippen molar-refractivity contribution in [1.82, 2.24) is 15.0 Å². The molecule has 0 aliphatic heterocycles. The second-order valence-corrected chi connectivity index (χ2v) is 6.38. The van der Waals surface area contributed by atoms with Gasteiger partial charge in [-0.1, -0.05) is 19.1 Å². The quantitative estimate of drug-likeness (QED) is 0.791. The molecular weight excluding hydrogens is 324 g/mol. The minimum atomic E-state index is -0.0564. The number of nitrogens with two attached hydrogens (primary N) is 1. The average Bonchev–Trinajstić information content (AvgIpc) is 2.55. The van der Waals surface area contributed by atoms with Crippen molar-refractivity contribution in [3.05, 3.63) is 35.7 Å². The second-order valence-electron chi connectivity index (χ2n) is 5.40. The molecule has 0 saturated carbocycles. The molecule has 0 bridgehead atoms. The number of thioether (sulfide) groups is 1. The van der Waals surface area contributed by atoms with Gasteiger partial charge in [-0.2, -0.15) is 15.0 Å². The van der Waals surface area contributed by atoms with Gasteiger partial charge >= 0.3 is 0 Å². The molecule has 24 heavy (non-hydrogen) atoms. The first-order valence-corrected chi connectivity index (χ1v) is 8.77. The van der Waals surface area contributed by atoms with Gasteiger partial charge in [0.2, 0.25) is 17.8 Å². The summed E-state index contributed by atoms with van der Waals surface area (Å²) in [6, 6.07) is 7.85. The summed E-state index contributed by atoms with van der Waals surface area (Å²) >= 11 is 1.43. The fourth-order valence-corrected chi connectivity index (χ4v) is 2.62. The highest BCUT2D eigenvalue weighted by Gasteiger charge is 2.08. The van der Waals surface area contributed by atoms with E-state index in [9.17, 15) is 4.79 Å². The molecule has 0 spiro atoms. The SMILES string of the molecule is CCc1ccc(NC(=O)CSCc2nc(N)nc(N(C)C)n2)cc1. The third kappa shape index (κ3) is 5.38. The van der Waals surface area contributed by atoms with Crippen LogP contribution in [0.2, 0.25) is 0 Å². The third-order valence-corrected chi connectivity index (χ3v) is 4.13. The van der Waals surface area contributed by atoms with E-state index in [2.05, 4.69) is 27.2 Å². The molecule has 0 aliphatic rings. The minimum absolute atomic E-state index is 0.0564. The Morgan fingerprint density at radius 2 is 1.92 bits per heavy atom. The number of benzene rings is 1. The van der Waals surface area contributed by atoms with Crippen molar-refractivity contribution in [2.24, 2.45) is 0 Å². The summed E-state index contributed by atoms with van der Waals surface area (Å²) in [6.07, 6.45) is 0.980. The molecular formula is C16H22N6OS. The number of nitrogens with one attached hydrogen (secondary N) is 1. The number of aryl methyl sites for hydroxylation is 1. The standard InChI is InChI=1S/C16H22N6OS/c1-4-11-5-7-12(8-6-11)18-14(23)10-24-9-13-19-15(17)21-16(20-13)22(2)3/h5-8H,4,9-10H2,1-3H3,(H,18,23)(H2,17,19,20,21). The fourth-order valence-electron chi connectivity index (χ4n) is 1.95. The van der Waals surface area contributed by atoms with E-state index < -0.39 is 0 Å². The number of aromatic nitrogens is 3. The lowest BCUT2D eigenvalue weighted by Crippen LogP contribution is -2.16. The summed E-state index contributed by atoms with van der Waals surface area (Å²) in [5, 5.41) is 2.87. The number of carbonyl (C=O) groups is 1. The Bertz CT molecular complexity index is 689. The van der Waals surface area contributed by atoms with E-state index in [1.54, 1.807) is 4.90 Å². The molecule has 0 aliphatic carbocycles. The van der Waals surface area contributed by atoms with Crippen molar-refractivity contribution in [2.75, 3.05) is 35.8 Å². The van der Waals surface area contributed by atoms with Crippen LogP contribution >= 0.6 is 11.8 Å². The van der Waals surface area contributed by atoms with Crippen LogP contribution in [0.4, 0.5) is 17.6 Å². The van der Waals surface area contributed by atoms with Gasteiger partial charge in [0, 0.05) is 19.8 Å². The number of hydrogen-bond donors (Lipinski definition) is 2. The predicted molar refractivity (Wildman–Crippen MR) is 99.2 cm³/mol. The van der Waals surface area contributed by atoms with Crippen LogP contribution in [0, 0.1) is 0 Å². The van der Waals surface area contributed by atoms with Crippen LogP contribution in [0.5, 0.6) is 0 Å². The maximum atomic E-state index is 12.0. The number of rotatable bonds is 7. The lowest BCUT2D eigenvalue weighted by Gasteiger charge is -2.11. The van der Waals surface area contributed by atoms with Gasteiger partial charge in [-0.3, -0.25) is 4.79 Å². The Hall–Kier alpha value is -2.35. The minimum Gasteiger partial charge on any atom is -0.368 e. The van der Waals surface area contributed by atoms with Crippen LogP contribution < -0.4 is 16.0 Å². The molecule has 0 radical (unpaired) electrons. The molecule has 2 rings (SSSR count). The molecule has 0 saturated heterocycles. The van der Waals surface area contributed by atoms with Gasteiger partial charge in [0.1, 0.15) is 5.82 Å². The molecule has 3 N–H and O–H groups in total. The molecule has 2 aromatic rings. The Labute approximate surface area is 146 Å². The first-order chi connectivity index (χ1) is 11.5. The second kappa shape index (κ2) is 8.49. The summed E-state index contributed by atoms with van der Waals surface area (Å²) in [5.41, 5.74) is 7.72. The monoisotopic (exact) mass is 346 g/mol. The van der Waals surface area contributed by atoms with Gasteiger partial charge < -0.3 is 16.0 Å². The van der Waals surface area contributed by atoms with Gasteiger partial charge in [-0.15, -0.1) is 11.8 Å². The van der Waals surface area contributed by atoms with Crippen molar-refractivity contribution in [3.8, 4) is 0 Å². The number of hydrogen-bond acceptors (Lipinski definition) is 7. The lowest BCUT2D eigenvalue weighted by atomic mass is 10.1. The van der Waals surface area contributed by atoms with E-state index in [-0.39, 0.29) is 11.9 Å². The number of carbonyl (C=O) groups excluding carboxylic acids is 1. The van der Waals surface area contributed by atoms with Crippen LogP contribution in [-0.4, -0.2) is 40.7 Å². The zero-order valence-electron chi connectivity index (χ0n) is 14.1. The van der Waals surface area contributed by atoms with E-state index in [0.717, 1.165) is 12.1 Å². The van der Waals surface area contributed by atoms with E-state index in [4.69, 9.17) is 5.73 Å². The van der Waals surface area contributed by atoms with Crippen LogP contribution in [0.25, 0.3) is 0 Å². The molecule has 1 amide bonds. The van der Waals surface area contributed by atoms with Crippen LogP contribution in [0.1, 0.15) is 18.3 Å². The average molecular weight is 346 g/mol. The first-order valence-electron chi connectivity index (χ1n) is 7.62. The summed E-state index contributed by atoms with van der Waals surface area (Å²) in [6.45, 7) is 2.10. The van der Waals surface area contributed by atoms with E-state index in [0.29, 0.717) is 23.3 Å². The normalized spacial score (nSPS) is 10.5. The van der Waals surface area contributed by atoms with Crippen molar-refractivity contribution >= 4 is 35.3 Å². The van der Waals surface area contributed by atoms with E-state index in [1.165, 1.54) is 17.3 Å². The zero-order chi connectivity index (χ0) is 17.5. The summed E-state index contributed by atoms with van der Waals surface area (Å²) in [5.74, 6) is 2.02. The van der Waals surface area contributed by atoms with Crippen molar-refractivity contribution in [3.63, 3.8) is 0 Å². The summed E-state index contributed by atoms with van der Waals surface area (Å²) in [7, 11) is 3.67. The van der Waals surface area contributed by atoms with E-state index >= 15 is 0 Å². The van der Waals surface area contributed by atoms with Gasteiger partial charge in [0.05, 0.1) is 11.5 Å². The van der Waals surface area contributed by atoms with Crippen molar-refractivity contribution in [2.45, 2.75) is 19.1 Å². The smallest absolute Gasteiger partial charge is 0.234 e. The van der Waals surface area contributed by atoms with Crippen molar-refractivity contribution in [1.29, 1.82) is 0 Å². The highest BCUT2D eigenvalue weighted by Crippen LogP contribution is 2.14. The Kier molecular flexibility index (Phi) is 6.36. The molecule has 128 valence electrons. The summed E-state index contributed by atoms with van der Waals surface area (Å²) < 4.78 is 0. The zero-order valence-corrected chi connectivity index (χ0v) is 14.9. The molecule has 8 heteroatoms. The van der Waals surface area contributed by atoms with Crippen molar-refractivity contribution < 1.29 is 4.79 Å². The largest absolute Gasteiger partial charge is 0.368 e. The fraction of sp³-hybridized carbons (Fsp3) is 0.375. The first kappa shape index (κ1) is 18.0. The Morgan fingerprint density at radius 1 is 1.21 bits per heavy atom. The van der Waals surface area contributed by atoms with Gasteiger partial charge in [-0.25, -0.2) is 0 Å². The molecule has 0 unspecified atom stereocenters. The number of nitrogens with zero attached hydrogens (tertiary/aromatic N) is 4. The maximum absolute atomic E-state index is 12.0. The lowest BCUT2D eigenvalue weighted by molar-refractivity contribution is -0.113. The van der Waals surface area contributed by atoms with Crippen LogP contribution in [0.3, 0.4) is 0 Å². The predicted octanol–water partition coefficient (Wildman–Crippen LogP) is 1.95. The van der Waals surface area contributed by atoms with Crippen LogP contribution in [-0.2, 0) is 17.0 Å². The number of amides is 1. The third-order valence-electron chi connectivity index (χ3n) is 3.20. The van der Waals surface area contributed by atoms with Gasteiger partial charge in [0.25, 0.3) is 0 Å². The molecule has 0 atom stereocenters. The Balaban J connectivity index is 1.84.